The topological polar surface area (TPSA) is 17.1 Å². The molecule has 1 heteroatoms. The van der Waals surface area contributed by atoms with Crippen molar-refractivity contribution in [1.29, 1.82) is 0 Å². The molecule has 1 nitrogen and oxygen atoms in total. The molecular weight excluding hydrogens is 328 g/mol. The Morgan fingerprint density at radius 2 is 1.81 bits per heavy atom. The molecule has 0 heterocycles. The average molecular weight is 350 g/mol. The van der Waals surface area contributed by atoms with Crippen LogP contribution in [0.25, 0.3) is 21.9 Å². The van der Waals surface area contributed by atoms with Crippen LogP contribution in [0.4, 0.5) is 0 Å². The van der Waals surface area contributed by atoms with Crippen LogP contribution in [0.2, 0.25) is 0 Å². The van der Waals surface area contributed by atoms with Gasteiger partial charge in [0.15, 0.2) is 0 Å². The molecule has 1 spiro atoms. The first-order valence-electron chi connectivity index (χ1n) is 10.0. The lowest BCUT2D eigenvalue weighted by Crippen LogP contribution is -2.39. The molecule has 0 aliphatic heterocycles. The second-order valence-corrected chi connectivity index (χ2v) is 8.63. The third-order valence-corrected chi connectivity index (χ3v) is 7.15. The highest BCUT2D eigenvalue weighted by atomic mass is 16.1. The minimum atomic E-state index is 0.0751. The lowest BCUT2D eigenvalue weighted by atomic mass is 9.62. The molecule has 0 radical (unpaired) electrons. The highest BCUT2D eigenvalue weighted by Crippen LogP contribution is 2.58. The number of benzene rings is 3. The number of carbonyl (C=O) groups excluding carboxylic acids is 1. The smallest absolute Gasteiger partial charge is 0.138 e. The molecule has 1 fully saturated rings. The molecule has 0 saturated heterocycles. The van der Waals surface area contributed by atoms with Crippen LogP contribution in [0.1, 0.15) is 36.8 Å². The van der Waals surface area contributed by atoms with Gasteiger partial charge in [-0.2, -0.15) is 0 Å². The Morgan fingerprint density at radius 1 is 0.926 bits per heavy atom. The maximum atomic E-state index is 12.7. The summed E-state index contributed by atoms with van der Waals surface area (Å²) in [4.78, 5) is 12.7. The second-order valence-electron chi connectivity index (χ2n) is 8.63. The first-order chi connectivity index (χ1) is 13.2. The van der Waals surface area contributed by atoms with Gasteiger partial charge in [-0.25, -0.2) is 0 Å². The molecule has 3 aliphatic carbocycles. The molecular formula is C26H22O. The van der Waals surface area contributed by atoms with Crippen molar-refractivity contribution >= 4 is 16.6 Å². The summed E-state index contributed by atoms with van der Waals surface area (Å²) in [6.45, 7) is 0. The summed E-state index contributed by atoms with van der Waals surface area (Å²) in [5, 5.41) is 2.58. The van der Waals surface area contributed by atoms with Crippen molar-refractivity contribution in [3.8, 4) is 11.1 Å². The minimum absolute atomic E-state index is 0.0751. The van der Waals surface area contributed by atoms with Gasteiger partial charge in [-0.15, -0.1) is 0 Å². The van der Waals surface area contributed by atoms with E-state index in [9.17, 15) is 4.79 Å². The van der Waals surface area contributed by atoms with E-state index in [1.165, 1.54) is 39.4 Å². The Hall–Kier alpha value is -2.67. The van der Waals surface area contributed by atoms with Gasteiger partial charge in [0.1, 0.15) is 5.78 Å². The lowest BCUT2D eigenvalue weighted by molar-refractivity contribution is -0.120. The van der Waals surface area contributed by atoms with E-state index in [4.69, 9.17) is 0 Å². The molecule has 27 heavy (non-hydrogen) atoms. The Bertz CT molecular complexity index is 1120. The first kappa shape index (κ1) is 15.4. The van der Waals surface area contributed by atoms with Crippen molar-refractivity contribution in [1.82, 2.24) is 0 Å². The van der Waals surface area contributed by atoms with Crippen LogP contribution < -0.4 is 0 Å². The van der Waals surface area contributed by atoms with Gasteiger partial charge >= 0.3 is 0 Å². The minimum Gasteiger partial charge on any atom is -0.299 e. The van der Waals surface area contributed by atoms with Crippen molar-refractivity contribution in [2.45, 2.75) is 37.5 Å². The third-order valence-electron chi connectivity index (χ3n) is 7.15. The lowest BCUT2D eigenvalue weighted by Gasteiger charge is -2.41. The number of rotatable bonds is 1. The van der Waals surface area contributed by atoms with Gasteiger partial charge in [0.25, 0.3) is 0 Å². The fourth-order valence-electron chi connectivity index (χ4n) is 6.00. The van der Waals surface area contributed by atoms with E-state index in [1.807, 2.05) is 0 Å². The monoisotopic (exact) mass is 350 g/mol. The van der Waals surface area contributed by atoms with Crippen LogP contribution in [0.15, 0.2) is 72.3 Å². The van der Waals surface area contributed by atoms with E-state index in [0.29, 0.717) is 18.1 Å². The van der Waals surface area contributed by atoms with E-state index >= 15 is 0 Å². The van der Waals surface area contributed by atoms with Crippen LogP contribution in [0, 0.1) is 5.92 Å². The van der Waals surface area contributed by atoms with E-state index < -0.39 is 0 Å². The van der Waals surface area contributed by atoms with Crippen molar-refractivity contribution in [3.05, 3.63) is 83.4 Å². The Labute approximate surface area is 159 Å². The van der Waals surface area contributed by atoms with Crippen LogP contribution in [-0.4, -0.2) is 5.78 Å². The molecule has 3 aromatic rings. The van der Waals surface area contributed by atoms with Gasteiger partial charge in [0.2, 0.25) is 0 Å². The normalized spacial score (nSPS) is 25.9. The Morgan fingerprint density at radius 3 is 2.59 bits per heavy atom. The summed E-state index contributed by atoms with van der Waals surface area (Å²) < 4.78 is 0. The van der Waals surface area contributed by atoms with Crippen LogP contribution >= 0.6 is 0 Å². The number of ketones is 1. The molecule has 3 aromatic carbocycles. The first-order valence-corrected chi connectivity index (χ1v) is 10.0. The van der Waals surface area contributed by atoms with Gasteiger partial charge in [-0.05, 0) is 64.3 Å². The van der Waals surface area contributed by atoms with E-state index in [1.54, 1.807) is 5.57 Å². The third kappa shape index (κ3) is 2.15. The molecule has 3 aliphatic rings. The summed E-state index contributed by atoms with van der Waals surface area (Å²) in [5.74, 6) is 1.05. The van der Waals surface area contributed by atoms with Gasteiger partial charge in [0.05, 0.1) is 0 Å². The molecule has 132 valence electrons. The molecule has 2 atom stereocenters. The van der Waals surface area contributed by atoms with Crippen molar-refractivity contribution in [2.75, 3.05) is 0 Å². The number of Topliss-reactive ketones (excluding diaryl/α,β-unsaturated/α-hetero) is 1. The van der Waals surface area contributed by atoms with E-state index in [-0.39, 0.29) is 5.41 Å². The maximum absolute atomic E-state index is 12.7. The van der Waals surface area contributed by atoms with Crippen LogP contribution in [0.5, 0.6) is 0 Å². The average Bonchev–Trinajstić information content (AvgIpc) is 3.28. The molecule has 1 saturated carbocycles. The molecule has 0 amide bonds. The van der Waals surface area contributed by atoms with Crippen molar-refractivity contribution in [3.63, 3.8) is 0 Å². The van der Waals surface area contributed by atoms with Crippen molar-refractivity contribution < 1.29 is 4.79 Å². The molecule has 6 rings (SSSR count). The number of allylic oxidation sites excluding steroid dienone is 2. The molecule has 0 N–H and O–H groups in total. The van der Waals surface area contributed by atoms with Gasteiger partial charge in [-0.3, -0.25) is 4.79 Å². The van der Waals surface area contributed by atoms with Crippen LogP contribution in [-0.2, 0) is 16.6 Å². The Balaban J connectivity index is 1.60. The zero-order chi connectivity index (χ0) is 18.0. The summed E-state index contributed by atoms with van der Waals surface area (Å²) in [6, 6.07) is 21.9. The quantitative estimate of drug-likeness (QED) is 0.492. The summed E-state index contributed by atoms with van der Waals surface area (Å²) >= 11 is 0. The summed E-state index contributed by atoms with van der Waals surface area (Å²) in [6.07, 6.45) is 7.22. The number of fused-ring (bicyclic) bond motifs is 6. The van der Waals surface area contributed by atoms with Gasteiger partial charge < -0.3 is 0 Å². The molecule has 2 unspecified atom stereocenters. The summed E-state index contributed by atoms with van der Waals surface area (Å²) in [5.41, 5.74) is 6.90. The van der Waals surface area contributed by atoms with Crippen molar-refractivity contribution in [2.24, 2.45) is 5.92 Å². The fraction of sp³-hybridized carbons (Fsp3) is 0.269. The maximum Gasteiger partial charge on any atom is 0.138 e. The summed E-state index contributed by atoms with van der Waals surface area (Å²) in [7, 11) is 0. The predicted octanol–water partition coefficient (Wildman–Crippen LogP) is 6.00. The standard InChI is InChI=1S/C26H22O/c27-22-12-20-13-24-19(7-4-8-23(24)18-5-2-1-3-6-18)14-25(20)26(16-22)15-17-9-10-21(26)11-17/h1-9,13-14,21H,10-12,15-16H2. The molecule has 2 bridgehead atoms. The highest BCUT2D eigenvalue weighted by Gasteiger charge is 2.51. The van der Waals surface area contributed by atoms with Crippen LogP contribution in [0.3, 0.4) is 0 Å². The SMILES string of the molecule is O=C1Cc2cc3c(-c4ccccc4)cccc3cc2C2(C1)CC1=CCC2C1. The van der Waals surface area contributed by atoms with Gasteiger partial charge in [-0.1, -0.05) is 66.2 Å². The zero-order valence-corrected chi connectivity index (χ0v) is 15.4. The molecule has 0 aromatic heterocycles. The fourth-order valence-corrected chi connectivity index (χ4v) is 6.00. The largest absolute Gasteiger partial charge is 0.299 e. The zero-order valence-electron chi connectivity index (χ0n) is 15.4. The van der Waals surface area contributed by atoms with Gasteiger partial charge in [0, 0.05) is 18.3 Å². The van der Waals surface area contributed by atoms with E-state index in [2.05, 4.69) is 66.7 Å². The highest BCUT2D eigenvalue weighted by molar-refractivity contribution is 5.99. The number of carbonyl (C=O) groups is 1. The number of hydrogen-bond acceptors (Lipinski definition) is 1. The Kier molecular flexibility index (Phi) is 3.09. The second kappa shape index (κ2) is 5.42. The number of hydrogen-bond donors (Lipinski definition) is 0. The van der Waals surface area contributed by atoms with E-state index in [0.717, 1.165) is 19.3 Å². The predicted molar refractivity (Wildman–Crippen MR) is 110 cm³/mol.